The predicted octanol–water partition coefficient (Wildman–Crippen LogP) is 2.56. The fraction of sp³-hybridized carbons (Fsp3) is 0.444. The molecule has 1 unspecified atom stereocenters. The number of nitrogens with zero attached hydrogens (tertiary/aromatic N) is 1. The summed E-state index contributed by atoms with van der Waals surface area (Å²) in [6, 6.07) is 0. The van der Waals surface area contributed by atoms with Gasteiger partial charge in [0.25, 0.3) is 0 Å². The van der Waals surface area contributed by atoms with Crippen molar-refractivity contribution in [2.45, 2.75) is 18.2 Å². The number of amides is 1. The number of thiophene rings is 1. The van der Waals surface area contributed by atoms with E-state index in [-0.39, 0.29) is 10.7 Å². The first-order valence-corrected chi connectivity index (χ1v) is 6.04. The number of carbonyl (C=O) groups excluding carboxylic acids is 1. The van der Waals surface area contributed by atoms with Crippen LogP contribution in [0.3, 0.4) is 0 Å². The third-order valence-corrected chi connectivity index (χ3v) is 3.96. The van der Waals surface area contributed by atoms with Gasteiger partial charge in [-0.05, 0) is 24.3 Å². The number of aryl methyl sites for hydroxylation is 1. The van der Waals surface area contributed by atoms with Crippen LogP contribution in [0.5, 0.6) is 0 Å². The highest BCUT2D eigenvalue weighted by Gasteiger charge is 2.31. The Morgan fingerprint density at radius 2 is 2.38 bits per heavy atom. The Morgan fingerprint density at radius 3 is 2.85 bits per heavy atom. The Labute approximate surface area is 89.7 Å². The fourth-order valence-corrected chi connectivity index (χ4v) is 2.80. The molecule has 2 heterocycles. The third-order valence-electron chi connectivity index (χ3n) is 2.26. The molecular weight excluding hydrogens is 250 g/mol. The Kier molecular flexibility index (Phi) is 2.43. The second-order valence-corrected chi connectivity index (χ2v) is 5.04. The quantitative estimate of drug-likeness (QED) is 0.710. The molecule has 0 N–H and O–H groups in total. The van der Waals surface area contributed by atoms with Crippen molar-refractivity contribution in [3.8, 4) is 0 Å². The topological polar surface area (TPSA) is 20.3 Å². The van der Waals surface area contributed by atoms with Gasteiger partial charge in [-0.25, -0.2) is 0 Å². The lowest BCUT2D eigenvalue weighted by atomic mass is 10.3. The molecule has 2 nitrogen and oxygen atoms in total. The minimum atomic E-state index is 0.0202. The van der Waals surface area contributed by atoms with Crippen molar-refractivity contribution in [3.05, 3.63) is 16.3 Å². The van der Waals surface area contributed by atoms with Gasteiger partial charge in [0.15, 0.2) is 0 Å². The molecule has 13 heavy (non-hydrogen) atoms. The largest absolute Gasteiger partial charge is 0.310 e. The van der Waals surface area contributed by atoms with Crippen molar-refractivity contribution in [3.63, 3.8) is 0 Å². The summed E-state index contributed by atoms with van der Waals surface area (Å²) in [6.07, 6.45) is 0.911. The molecule has 1 aromatic heterocycles. The van der Waals surface area contributed by atoms with Crippen LogP contribution in [0.2, 0.25) is 0 Å². The van der Waals surface area contributed by atoms with Crippen LogP contribution in [0, 0.1) is 6.92 Å². The molecule has 0 bridgehead atoms. The smallest absolute Gasteiger partial charge is 0.240 e. The second kappa shape index (κ2) is 3.42. The van der Waals surface area contributed by atoms with Crippen LogP contribution in [-0.2, 0) is 4.79 Å². The van der Waals surface area contributed by atoms with Crippen LogP contribution in [0.15, 0.2) is 10.8 Å². The zero-order valence-corrected chi connectivity index (χ0v) is 9.69. The summed E-state index contributed by atoms with van der Waals surface area (Å²) < 4.78 is 0. The highest BCUT2D eigenvalue weighted by Crippen LogP contribution is 2.30. The maximum Gasteiger partial charge on any atom is 0.240 e. The monoisotopic (exact) mass is 259 g/mol. The minimum absolute atomic E-state index is 0.0202. The van der Waals surface area contributed by atoms with E-state index in [9.17, 15) is 4.79 Å². The maximum atomic E-state index is 11.6. The van der Waals surface area contributed by atoms with E-state index in [2.05, 4.69) is 21.3 Å². The normalized spacial score (nSPS) is 22.8. The highest BCUT2D eigenvalue weighted by molar-refractivity contribution is 9.10. The van der Waals surface area contributed by atoms with E-state index in [1.807, 2.05) is 17.2 Å². The van der Waals surface area contributed by atoms with E-state index in [0.29, 0.717) is 0 Å². The Hall–Kier alpha value is -0.350. The second-order valence-electron chi connectivity index (χ2n) is 3.19. The average molecular weight is 260 g/mol. The van der Waals surface area contributed by atoms with Crippen LogP contribution in [0.4, 0.5) is 5.69 Å². The molecule has 0 saturated carbocycles. The molecule has 0 spiro atoms. The molecule has 0 aliphatic carbocycles. The van der Waals surface area contributed by atoms with Gasteiger partial charge in [0, 0.05) is 11.9 Å². The SMILES string of the molecule is Cc1cscc1N1CCC(Br)C1=O. The van der Waals surface area contributed by atoms with Gasteiger partial charge >= 0.3 is 0 Å². The average Bonchev–Trinajstić information content (AvgIpc) is 2.62. The third kappa shape index (κ3) is 1.53. The van der Waals surface area contributed by atoms with E-state index in [1.54, 1.807) is 11.3 Å². The van der Waals surface area contributed by atoms with E-state index < -0.39 is 0 Å². The van der Waals surface area contributed by atoms with Crippen LogP contribution in [0.25, 0.3) is 0 Å². The number of anilines is 1. The molecule has 1 saturated heterocycles. The van der Waals surface area contributed by atoms with E-state index in [0.717, 1.165) is 18.7 Å². The molecule has 4 heteroatoms. The Bertz CT molecular complexity index is 336. The zero-order valence-electron chi connectivity index (χ0n) is 7.29. The molecule has 1 aromatic rings. The van der Waals surface area contributed by atoms with Gasteiger partial charge in [0.2, 0.25) is 5.91 Å². The van der Waals surface area contributed by atoms with Crippen molar-refractivity contribution in [2.24, 2.45) is 0 Å². The van der Waals surface area contributed by atoms with Crippen molar-refractivity contribution in [1.82, 2.24) is 0 Å². The summed E-state index contributed by atoms with van der Waals surface area (Å²) in [5.41, 5.74) is 2.27. The molecule has 2 rings (SSSR count). The van der Waals surface area contributed by atoms with Gasteiger partial charge in [-0.15, -0.1) is 11.3 Å². The standard InChI is InChI=1S/C9H10BrNOS/c1-6-4-13-5-8(6)11-3-2-7(10)9(11)12/h4-5,7H,2-3H2,1H3. The summed E-state index contributed by atoms with van der Waals surface area (Å²) in [4.78, 5) is 13.5. The van der Waals surface area contributed by atoms with Gasteiger partial charge in [-0.3, -0.25) is 4.79 Å². The number of rotatable bonds is 1. The first kappa shape index (κ1) is 9.21. The number of carbonyl (C=O) groups is 1. The maximum absolute atomic E-state index is 11.6. The minimum Gasteiger partial charge on any atom is -0.310 e. The van der Waals surface area contributed by atoms with Crippen molar-refractivity contribution in [1.29, 1.82) is 0 Å². The fourth-order valence-electron chi connectivity index (χ4n) is 1.51. The van der Waals surface area contributed by atoms with Crippen LogP contribution >= 0.6 is 27.3 Å². The Balaban J connectivity index is 2.28. The molecule has 1 atom stereocenters. The molecule has 70 valence electrons. The number of halogens is 1. The predicted molar refractivity (Wildman–Crippen MR) is 58.7 cm³/mol. The van der Waals surface area contributed by atoms with E-state index in [1.165, 1.54) is 5.56 Å². The van der Waals surface area contributed by atoms with Crippen LogP contribution < -0.4 is 4.90 Å². The zero-order chi connectivity index (χ0) is 9.42. The lowest BCUT2D eigenvalue weighted by Gasteiger charge is -2.14. The summed E-state index contributed by atoms with van der Waals surface area (Å²) >= 11 is 5.01. The first-order chi connectivity index (χ1) is 6.20. The van der Waals surface area contributed by atoms with Gasteiger partial charge in [0.1, 0.15) is 0 Å². The lowest BCUT2D eigenvalue weighted by Crippen LogP contribution is -2.27. The Morgan fingerprint density at radius 1 is 1.62 bits per heavy atom. The first-order valence-electron chi connectivity index (χ1n) is 4.18. The number of alkyl halides is 1. The van der Waals surface area contributed by atoms with Crippen molar-refractivity contribution in [2.75, 3.05) is 11.4 Å². The summed E-state index contributed by atoms with van der Waals surface area (Å²) in [5.74, 6) is 0.196. The van der Waals surface area contributed by atoms with Crippen LogP contribution in [-0.4, -0.2) is 17.3 Å². The van der Waals surface area contributed by atoms with E-state index >= 15 is 0 Å². The highest BCUT2D eigenvalue weighted by atomic mass is 79.9. The molecule has 1 fully saturated rings. The molecule has 1 amide bonds. The van der Waals surface area contributed by atoms with Crippen molar-refractivity contribution < 1.29 is 4.79 Å². The molecule has 1 aliphatic heterocycles. The van der Waals surface area contributed by atoms with Crippen LogP contribution in [0.1, 0.15) is 12.0 Å². The van der Waals surface area contributed by atoms with Gasteiger partial charge in [-0.2, -0.15) is 0 Å². The van der Waals surface area contributed by atoms with Crippen molar-refractivity contribution >= 4 is 38.9 Å². The van der Waals surface area contributed by atoms with Gasteiger partial charge < -0.3 is 4.90 Å². The number of hydrogen-bond donors (Lipinski definition) is 0. The van der Waals surface area contributed by atoms with Gasteiger partial charge in [-0.1, -0.05) is 15.9 Å². The lowest BCUT2D eigenvalue weighted by molar-refractivity contribution is -0.116. The summed E-state index contributed by atoms with van der Waals surface area (Å²) in [5, 5.41) is 4.11. The molecule has 0 aromatic carbocycles. The molecule has 0 radical (unpaired) electrons. The summed E-state index contributed by atoms with van der Waals surface area (Å²) in [7, 11) is 0. The summed E-state index contributed by atoms with van der Waals surface area (Å²) in [6.45, 7) is 2.88. The van der Waals surface area contributed by atoms with E-state index in [4.69, 9.17) is 0 Å². The number of hydrogen-bond acceptors (Lipinski definition) is 2. The molecular formula is C9H10BrNOS. The van der Waals surface area contributed by atoms with Gasteiger partial charge in [0.05, 0.1) is 10.5 Å². The molecule has 1 aliphatic rings.